The van der Waals surface area contributed by atoms with Crippen molar-refractivity contribution in [1.29, 1.82) is 0 Å². The minimum absolute atomic E-state index is 0.149. The van der Waals surface area contributed by atoms with E-state index in [-0.39, 0.29) is 6.04 Å². The largest absolute Gasteiger partial charge is 0.324 e. The molecule has 0 saturated carbocycles. The Morgan fingerprint density at radius 2 is 2.14 bits per heavy atom. The van der Waals surface area contributed by atoms with Crippen LogP contribution in [0, 0.1) is 6.92 Å². The van der Waals surface area contributed by atoms with E-state index >= 15 is 0 Å². The van der Waals surface area contributed by atoms with Crippen LogP contribution in [0.3, 0.4) is 0 Å². The Hall–Kier alpha value is -0.640. The van der Waals surface area contributed by atoms with Gasteiger partial charge in [0.25, 0.3) is 0 Å². The average Bonchev–Trinajstić information content (AvgIpc) is 2.75. The van der Waals surface area contributed by atoms with Crippen molar-refractivity contribution in [2.45, 2.75) is 19.4 Å². The highest BCUT2D eigenvalue weighted by atomic mass is 32.1. The third-order valence-electron chi connectivity index (χ3n) is 2.33. The first-order valence-electron chi connectivity index (χ1n) is 4.56. The van der Waals surface area contributed by atoms with Gasteiger partial charge < -0.3 is 5.73 Å². The molecule has 0 aliphatic heterocycles. The normalized spacial score (nSPS) is 13.0. The highest BCUT2D eigenvalue weighted by molar-refractivity contribution is 7.08. The van der Waals surface area contributed by atoms with Crippen LogP contribution in [-0.2, 0) is 6.42 Å². The van der Waals surface area contributed by atoms with Gasteiger partial charge in [-0.05, 0) is 57.6 Å². The number of rotatable bonds is 3. The second-order valence-corrected chi connectivity index (χ2v) is 4.98. The molecule has 2 aromatic rings. The molecule has 2 N–H and O–H groups in total. The van der Waals surface area contributed by atoms with Crippen LogP contribution < -0.4 is 5.73 Å². The molecule has 0 radical (unpaired) electrons. The lowest BCUT2D eigenvalue weighted by Gasteiger charge is -2.10. The van der Waals surface area contributed by atoms with Crippen LogP contribution in [0.5, 0.6) is 0 Å². The SMILES string of the molecule is Cc1cscc1C(N)Cc1ccsc1. The van der Waals surface area contributed by atoms with Crippen LogP contribution in [0.1, 0.15) is 22.7 Å². The van der Waals surface area contributed by atoms with E-state index in [1.165, 1.54) is 16.7 Å². The van der Waals surface area contributed by atoms with Crippen LogP contribution in [0.4, 0.5) is 0 Å². The van der Waals surface area contributed by atoms with Crippen molar-refractivity contribution in [3.8, 4) is 0 Å². The molecule has 1 atom stereocenters. The van der Waals surface area contributed by atoms with E-state index in [0.717, 1.165) is 6.42 Å². The van der Waals surface area contributed by atoms with Crippen molar-refractivity contribution in [1.82, 2.24) is 0 Å². The van der Waals surface area contributed by atoms with Crippen LogP contribution in [0.15, 0.2) is 27.6 Å². The molecule has 2 aromatic heterocycles. The second-order valence-electron chi connectivity index (χ2n) is 3.45. The predicted molar refractivity (Wildman–Crippen MR) is 64.0 cm³/mol. The third-order valence-corrected chi connectivity index (χ3v) is 3.94. The van der Waals surface area contributed by atoms with Gasteiger partial charge in [0.1, 0.15) is 0 Å². The van der Waals surface area contributed by atoms with Crippen LogP contribution >= 0.6 is 22.7 Å². The molecule has 0 saturated heterocycles. The van der Waals surface area contributed by atoms with Gasteiger partial charge in [0.2, 0.25) is 0 Å². The van der Waals surface area contributed by atoms with Crippen LogP contribution in [0.25, 0.3) is 0 Å². The fourth-order valence-electron chi connectivity index (χ4n) is 1.52. The van der Waals surface area contributed by atoms with E-state index in [1.807, 2.05) is 0 Å². The maximum atomic E-state index is 6.14. The van der Waals surface area contributed by atoms with E-state index in [9.17, 15) is 0 Å². The molecule has 74 valence electrons. The molecular weight excluding hydrogens is 210 g/mol. The predicted octanol–water partition coefficient (Wildman–Crippen LogP) is 3.36. The monoisotopic (exact) mass is 223 g/mol. The first-order chi connectivity index (χ1) is 6.77. The van der Waals surface area contributed by atoms with Crippen LogP contribution in [-0.4, -0.2) is 0 Å². The van der Waals surface area contributed by atoms with Crippen molar-refractivity contribution < 1.29 is 0 Å². The molecule has 0 fully saturated rings. The summed E-state index contributed by atoms with van der Waals surface area (Å²) in [6.07, 6.45) is 0.946. The molecule has 0 spiro atoms. The molecule has 1 unspecified atom stereocenters. The summed E-state index contributed by atoms with van der Waals surface area (Å²) >= 11 is 3.46. The van der Waals surface area contributed by atoms with Gasteiger partial charge in [-0.15, -0.1) is 0 Å². The summed E-state index contributed by atoms with van der Waals surface area (Å²) in [5.74, 6) is 0. The standard InChI is InChI=1S/C11H13NS2/c1-8-5-14-7-10(8)11(12)4-9-2-3-13-6-9/h2-3,5-7,11H,4,12H2,1H3. The zero-order valence-electron chi connectivity index (χ0n) is 8.07. The molecule has 14 heavy (non-hydrogen) atoms. The minimum Gasteiger partial charge on any atom is -0.324 e. The Balaban J connectivity index is 2.10. The Labute approximate surface area is 92.2 Å². The zero-order valence-corrected chi connectivity index (χ0v) is 9.70. The highest BCUT2D eigenvalue weighted by Crippen LogP contribution is 2.23. The smallest absolute Gasteiger partial charge is 0.0346 e. The van der Waals surface area contributed by atoms with E-state index in [4.69, 9.17) is 5.73 Å². The van der Waals surface area contributed by atoms with E-state index in [1.54, 1.807) is 22.7 Å². The first-order valence-corrected chi connectivity index (χ1v) is 6.45. The molecule has 2 rings (SSSR count). The van der Waals surface area contributed by atoms with Gasteiger partial charge in [0.05, 0.1) is 0 Å². The Morgan fingerprint density at radius 1 is 1.29 bits per heavy atom. The van der Waals surface area contributed by atoms with Crippen LogP contribution in [0.2, 0.25) is 0 Å². The van der Waals surface area contributed by atoms with Crippen molar-refractivity contribution in [3.05, 3.63) is 44.3 Å². The minimum atomic E-state index is 0.149. The second kappa shape index (κ2) is 4.26. The fraction of sp³-hybridized carbons (Fsp3) is 0.273. The van der Waals surface area contributed by atoms with Crippen molar-refractivity contribution in [2.24, 2.45) is 5.73 Å². The van der Waals surface area contributed by atoms with Gasteiger partial charge in [0, 0.05) is 6.04 Å². The summed E-state index contributed by atoms with van der Waals surface area (Å²) in [4.78, 5) is 0. The molecule has 0 bridgehead atoms. The van der Waals surface area contributed by atoms with E-state index in [2.05, 4.69) is 34.5 Å². The van der Waals surface area contributed by atoms with Gasteiger partial charge in [-0.25, -0.2) is 0 Å². The molecular formula is C11H13NS2. The molecule has 0 amide bonds. The van der Waals surface area contributed by atoms with Crippen molar-refractivity contribution >= 4 is 22.7 Å². The van der Waals surface area contributed by atoms with Crippen molar-refractivity contribution in [2.75, 3.05) is 0 Å². The van der Waals surface area contributed by atoms with E-state index < -0.39 is 0 Å². The highest BCUT2D eigenvalue weighted by Gasteiger charge is 2.10. The lowest BCUT2D eigenvalue weighted by Crippen LogP contribution is -2.13. The number of thiophene rings is 2. The molecule has 0 aliphatic rings. The maximum absolute atomic E-state index is 6.14. The third kappa shape index (κ3) is 2.05. The van der Waals surface area contributed by atoms with Gasteiger partial charge in [-0.1, -0.05) is 0 Å². The number of aryl methyl sites for hydroxylation is 1. The van der Waals surface area contributed by atoms with E-state index in [0.29, 0.717) is 0 Å². The summed E-state index contributed by atoms with van der Waals surface area (Å²) in [6, 6.07) is 2.29. The quantitative estimate of drug-likeness (QED) is 0.848. The van der Waals surface area contributed by atoms with Crippen molar-refractivity contribution in [3.63, 3.8) is 0 Å². The molecule has 3 heteroatoms. The van der Waals surface area contributed by atoms with Gasteiger partial charge in [0.15, 0.2) is 0 Å². The molecule has 2 heterocycles. The molecule has 0 aromatic carbocycles. The Bertz CT molecular complexity index is 389. The maximum Gasteiger partial charge on any atom is 0.0346 e. The summed E-state index contributed by atoms with van der Waals surface area (Å²) in [7, 11) is 0. The number of hydrogen-bond acceptors (Lipinski definition) is 3. The summed E-state index contributed by atoms with van der Waals surface area (Å²) < 4.78 is 0. The summed E-state index contributed by atoms with van der Waals surface area (Å²) in [5.41, 5.74) is 10.1. The number of nitrogens with two attached hydrogens (primary N) is 1. The fourth-order valence-corrected chi connectivity index (χ4v) is 3.12. The first kappa shape index (κ1) is 9.90. The number of hydrogen-bond donors (Lipinski definition) is 1. The lowest BCUT2D eigenvalue weighted by atomic mass is 10.0. The zero-order chi connectivity index (χ0) is 9.97. The topological polar surface area (TPSA) is 26.0 Å². The summed E-state index contributed by atoms with van der Waals surface area (Å²) in [5, 5.41) is 8.58. The molecule has 1 nitrogen and oxygen atoms in total. The Morgan fingerprint density at radius 3 is 2.71 bits per heavy atom. The molecule has 0 aliphatic carbocycles. The van der Waals surface area contributed by atoms with Gasteiger partial charge in [-0.3, -0.25) is 0 Å². The Kier molecular flexibility index (Phi) is 3.01. The average molecular weight is 223 g/mol. The van der Waals surface area contributed by atoms with Gasteiger partial charge >= 0.3 is 0 Å². The van der Waals surface area contributed by atoms with Gasteiger partial charge in [-0.2, -0.15) is 22.7 Å². The summed E-state index contributed by atoms with van der Waals surface area (Å²) in [6.45, 7) is 2.12. The lowest BCUT2D eigenvalue weighted by molar-refractivity contribution is 0.722.